The van der Waals surface area contributed by atoms with Gasteiger partial charge in [0, 0.05) is 11.3 Å². The SMILES string of the molecule is CC1=CC(=O)[C@@H]2[C@@H]3C=C[C@@H](CC3)[C@]2(C)C1=O. The van der Waals surface area contributed by atoms with E-state index in [1.54, 1.807) is 13.0 Å². The van der Waals surface area contributed by atoms with Crippen LogP contribution in [0.1, 0.15) is 26.7 Å². The van der Waals surface area contributed by atoms with Gasteiger partial charge >= 0.3 is 0 Å². The molecule has 1 saturated carbocycles. The van der Waals surface area contributed by atoms with E-state index in [4.69, 9.17) is 0 Å². The molecule has 16 heavy (non-hydrogen) atoms. The Bertz CT molecular complexity index is 444. The predicted molar refractivity (Wildman–Crippen MR) is 60.7 cm³/mol. The number of ketones is 2. The van der Waals surface area contributed by atoms with Crippen molar-refractivity contribution in [1.29, 1.82) is 0 Å². The highest BCUT2D eigenvalue weighted by Crippen LogP contribution is 2.56. The fourth-order valence-corrected chi connectivity index (χ4v) is 3.90. The number of rotatable bonds is 0. The maximum absolute atomic E-state index is 12.4. The Kier molecular flexibility index (Phi) is 1.84. The van der Waals surface area contributed by atoms with Gasteiger partial charge in [0.25, 0.3) is 0 Å². The standard InChI is InChI=1S/C14H16O2/c1-8-7-11(15)12-9-3-5-10(6-4-9)14(12,2)13(8)16/h3,5,7,9-10,12H,4,6H2,1-2H3/t9-,10+,12+,14+/m1/s1. The first-order valence-corrected chi connectivity index (χ1v) is 6.00. The molecule has 0 N–H and O–H groups in total. The number of allylic oxidation sites excluding steroid dienone is 4. The molecule has 4 atom stereocenters. The molecule has 0 aromatic heterocycles. The Morgan fingerprint density at radius 1 is 1.25 bits per heavy atom. The van der Waals surface area contributed by atoms with Gasteiger partial charge in [-0.05, 0) is 43.3 Å². The first-order valence-electron chi connectivity index (χ1n) is 6.00. The lowest BCUT2D eigenvalue weighted by atomic mass is 9.49. The maximum atomic E-state index is 12.4. The Balaban J connectivity index is 2.19. The number of fused-ring (bicyclic) bond motifs is 1. The summed E-state index contributed by atoms with van der Waals surface area (Å²) < 4.78 is 0. The lowest BCUT2D eigenvalue weighted by molar-refractivity contribution is -0.144. The summed E-state index contributed by atoms with van der Waals surface area (Å²) in [6.07, 6.45) is 7.99. The van der Waals surface area contributed by atoms with Crippen LogP contribution >= 0.6 is 0 Å². The Labute approximate surface area is 95.4 Å². The van der Waals surface area contributed by atoms with Crippen LogP contribution in [0.4, 0.5) is 0 Å². The van der Waals surface area contributed by atoms with Gasteiger partial charge in [-0.25, -0.2) is 0 Å². The molecular formula is C14H16O2. The van der Waals surface area contributed by atoms with Gasteiger partial charge in [0.2, 0.25) is 0 Å². The Morgan fingerprint density at radius 3 is 2.62 bits per heavy atom. The van der Waals surface area contributed by atoms with Crippen LogP contribution in [0.5, 0.6) is 0 Å². The monoisotopic (exact) mass is 216 g/mol. The fourth-order valence-electron chi connectivity index (χ4n) is 3.90. The molecule has 0 radical (unpaired) electrons. The number of carbonyl (C=O) groups is 2. The van der Waals surface area contributed by atoms with Gasteiger partial charge in [-0.3, -0.25) is 9.59 Å². The van der Waals surface area contributed by atoms with E-state index < -0.39 is 5.41 Å². The van der Waals surface area contributed by atoms with Gasteiger partial charge in [0.15, 0.2) is 11.6 Å². The van der Waals surface area contributed by atoms with Gasteiger partial charge in [0.1, 0.15) is 0 Å². The van der Waals surface area contributed by atoms with Crippen LogP contribution in [-0.2, 0) is 9.59 Å². The predicted octanol–water partition coefficient (Wildman–Crippen LogP) is 2.30. The molecule has 0 aliphatic heterocycles. The van der Waals surface area contributed by atoms with Crippen LogP contribution in [-0.4, -0.2) is 11.6 Å². The first-order chi connectivity index (χ1) is 7.55. The molecule has 0 aromatic carbocycles. The molecule has 1 fully saturated rings. The second kappa shape index (κ2) is 2.93. The molecule has 2 heteroatoms. The van der Waals surface area contributed by atoms with Crippen LogP contribution in [0.2, 0.25) is 0 Å². The van der Waals surface area contributed by atoms with Crippen LogP contribution in [0.15, 0.2) is 23.8 Å². The van der Waals surface area contributed by atoms with Gasteiger partial charge in [-0.15, -0.1) is 0 Å². The van der Waals surface area contributed by atoms with Gasteiger partial charge in [-0.1, -0.05) is 19.1 Å². The maximum Gasteiger partial charge on any atom is 0.165 e. The van der Waals surface area contributed by atoms with Gasteiger partial charge in [0.05, 0.1) is 0 Å². The van der Waals surface area contributed by atoms with Crippen molar-refractivity contribution < 1.29 is 9.59 Å². The third-order valence-corrected chi connectivity index (χ3v) is 4.76. The lowest BCUT2D eigenvalue weighted by Gasteiger charge is -2.52. The smallest absolute Gasteiger partial charge is 0.165 e. The first kappa shape index (κ1) is 10.0. The number of hydrogen-bond donors (Lipinski definition) is 0. The van der Waals surface area contributed by atoms with Crippen molar-refractivity contribution in [3.63, 3.8) is 0 Å². The average Bonchev–Trinajstić information content (AvgIpc) is 2.27. The van der Waals surface area contributed by atoms with Crippen molar-refractivity contribution in [2.24, 2.45) is 23.2 Å². The Hall–Kier alpha value is -1.18. The average molecular weight is 216 g/mol. The molecule has 0 spiro atoms. The second-order valence-corrected chi connectivity index (χ2v) is 5.55. The summed E-state index contributed by atoms with van der Waals surface area (Å²) in [5, 5.41) is 0. The van der Waals surface area contributed by atoms with Crippen molar-refractivity contribution in [2.75, 3.05) is 0 Å². The van der Waals surface area contributed by atoms with Crippen molar-refractivity contribution in [1.82, 2.24) is 0 Å². The summed E-state index contributed by atoms with van der Waals surface area (Å²) >= 11 is 0. The molecule has 2 nitrogen and oxygen atoms in total. The molecule has 0 heterocycles. The number of hydrogen-bond acceptors (Lipinski definition) is 2. The summed E-state index contributed by atoms with van der Waals surface area (Å²) in [6, 6.07) is 0. The van der Waals surface area contributed by atoms with E-state index in [-0.39, 0.29) is 29.3 Å². The minimum Gasteiger partial charge on any atom is -0.294 e. The van der Waals surface area contributed by atoms with Crippen LogP contribution in [0.25, 0.3) is 0 Å². The van der Waals surface area contributed by atoms with Crippen LogP contribution < -0.4 is 0 Å². The Morgan fingerprint density at radius 2 is 2.00 bits per heavy atom. The zero-order valence-corrected chi connectivity index (χ0v) is 9.69. The quantitative estimate of drug-likeness (QED) is 0.582. The van der Waals surface area contributed by atoms with Gasteiger partial charge in [-0.2, -0.15) is 0 Å². The van der Waals surface area contributed by atoms with Crippen molar-refractivity contribution in [3.05, 3.63) is 23.8 Å². The van der Waals surface area contributed by atoms with E-state index in [9.17, 15) is 9.59 Å². The van der Waals surface area contributed by atoms with E-state index >= 15 is 0 Å². The third-order valence-electron chi connectivity index (χ3n) is 4.76. The molecule has 0 unspecified atom stereocenters. The molecule has 2 bridgehead atoms. The van der Waals surface area contributed by atoms with Crippen molar-refractivity contribution in [2.45, 2.75) is 26.7 Å². The molecule has 84 valence electrons. The highest BCUT2D eigenvalue weighted by atomic mass is 16.1. The van der Waals surface area contributed by atoms with Gasteiger partial charge < -0.3 is 0 Å². The highest BCUT2D eigenvalue weighted by molar-refractivity contribution is 6.13. The molecule has 4 aliphatic rings. The largest absolute Gasteiger partial charge is 0.294 e. The van der Waals surface area contributed by atoms with Crippen molar-refractivity contribution in [3.8, 4) is 0 Å². The van der Waals surface area contributed by atoms with Crippen LogP contribution in [0, 0.1) is 23.2 Å². The molecular weight excluding hydrogens is 200 g/mol. The molecule has 0 aromatic rings. The normalized spacial score (nSPS) is 45.6. The summed E-state index contributed by atoms with van der Waals surface area (Å²) in [6.45, 7) is 3.77. The number of Topliss-reactive ketones (excluding diaryl/α,β-unsaturated/α-hetero) is 1. The minimum atomic E-state index is -0.451. The fraction of sp³-hybridized carbons (Fsp3) is 0.571. The molecule has 0 amide bonds. The summed E-state index contributed by atoms with van der Waals surface area (Å²) in [7, 11) is 0. The molecule has 4 rings (SSSR count). The minimum absolute atomic E-state index is 0.0903. The summed E-state index contributed by atoms with van der Waals surface area (Å²) in [4.78, 5) is 24.5. The summed E-state index contributed by atoms with van der Waals surface area (Å²) in [5.74, 6) is 0.820. The molecule has 0 saturated heterocycles. The van der Waals surface area contributed by atoms with E-state index in [2.05, 4.69) is 12.2 Å². The number of carbonyl (C=O) groups excluding carboxylic acids is 2. The second-order valence-electron chi connectivity index (χ2n) is 5.55. The third kappa shape index (κ3) is 0.977. The molecule has 4 aliphatic carbocycles. The highest BCUT2D eigenvalue weighted by Gasteiger charge is 2.57. The van der Waals surface area contributed by atoms with E-state index in [1.165, 1.54) is 0 Å². The zero-order chi connectivity index (χ0) is 11.5. The van der Waals surface area contributed by atoms with E-state index in [0.29, 0.717) is 5.57 Å². The topological polar surface area (TPSA) is 34.1 Å². The lowest BCUT2D eigenvalue weighted by Crippen LogP contribution is -2.55. The van der Waals surface area contributed by atoms with E-state index in [0.717, 1.165) is 12.8 Å². The van der Waals surface area contributed by atoms with Crippen LogP contribution in [0.3, 0.4) is 0 Å². The zero-order valence-electron chi connectivity index (χ0n) is 9.69. The summed E-state index contributed by atoms with van der Waals surface area (Å²) in [5.41, 5.74) is 0.192. The van der Waals surface area contributed by atoms with E-state index in [1.807, 2.05) is 6.92 Å². The van der Waals surface area contributed by atoms with Crippen molar-refractivity contribution >= 4 is 11.6 Å².